The summed E-state index contributed by atoms with van der Waals surface area (Å²) in [6, 6.07) is 19.5. The summed E-state index contributed by atoms with van der Waals surface area (Å²) in [5.74, 6) is 16.9. The van der Waals surface area contributed by atoms with E-state index in [2.05, 4.69) is 56.4 Å². The molecule has 1 radical (unpaired) electrons. The van der Waals surface area contributed by atoms with Crippen LogP contribution in [0.2, 0.25) is 0 Å². The Labute approximate surface area is 134 Å². The number of benzene rings is 2. The Morgan fingerprint density at radius 3 is 2.00 bits per heavy atom. The molecule has 1 heteroatoms. The van der Waals surface area contributed by atoms with Gasteiger partial charge < -0.3 is 0 Å². The molecule has 2 aromatic carbocycles. The lowest BCUT2D eigenvalue weighted by Crippen LogP contribution is -1.78. The summed E-state index contributed by atoms with van der Waals surface area (Å²) < 4.78 is 0. The van der Waals surface area contributed by atoms with Gasteiger partial charge in [0.1, 0.15) is 0 Å². The Kier molecular flexibility index (Phi) is 5.97. The van der Waals surface area contributed by atoms with Gasteiger partial charge in [-0.2, -0.15) is 0 Å². The van der Waals surface area contributed by atoms with Crippen molar-refractivity contribution in [3.8, 4) is 35.5 Å². The maximum atomic E-state index is 3.20. The summed E-state index contributed by atoms with van der Waals surface area (Å²) in [5.41, 5.74) is 2.71. The zero-order valence-corrected chi connectivity index (χ0v) is 12.7. The minimum Gasteiger partial charge on any atom is -0.0622 e. The molecule has 97 valence electrons. The molecule has 2 aromatic rings. The molecular weight excluding hydrogens is 320 g/mol. The molecule has 0 spiro atoms. The monoisotopic (exact) mass is 329 g/mol. The summed E-state index contributed by atoms with van der Waals surface area (Å²) in [5, 5.41) is 0. The molecule has 0 nitrogen and oxygen atoms in total. The van der Waals surface area contributed by atoms with Crippen molar-refractivity contribution in [2.45, 2.75) is 0 Å². The van der Waals surface area contributed by atoms with Gasteiger partial charge in [0, 0.05) is 16.1 Å². The number of hydrogen-bond donors (Lipinski definition) is 0. The van der Waals surface area contributed by atoms with Gasteiger partial charge in [0.2, 0.25) is 0 Å². The van der Waals surface area contributed by atoms with E-state index in [1.54, 1.807) is 0 Å². The average Bonchev–Trinajstić information content (AvgIpc) is 2.56. The lowest BCUT2D eigenvalue weighted by Gasteiger charge is -1.95. The Balaban J connectivity index is 2.05. The molecular formula is C20H10Br. The maximum Gasteiger partial charge on any atom is 0.0493 e. The quantitative estimate of drug-likeness (QED) is 0.685. The van der Waals surface area contributed by atoms with E-state index >= 15 is 0 Å². The normalized spacial score (nSPS) is 9.29. The highest BCUT2D eigenvalue weighted by Crippen LogP contribution is 2.13. The van der Waals surface area contributed by atoms with E-state index in [4.69, 9.17) is 0 Å². The van der Waals surface area contributed by atoms with Crippen molar-refractivity contribution < 1.29 is 0 Å². The largest absolute Gasteiger partial charge is 0.0622 e. The zero-order valence-electron chi connectivity index (χ0n) is 11.2. The molecule has 0 aliphatic rings. The third-order valence-corrected chi connectivity index (χ3v) is 2.91. The van der Waals surface area contributed by atoms with Gasteiger partial charge in [0.25, 0.3) is 0 Å². The Bertz CT molecular complexity index is 796. The number of rotatable bonds is 1. The molecule has 0 fully saturated rings. The van der Waals surface area contributed by atoms with Crippen molar-refractivity contribution in [3.63, 3.8) is 0 Å². The van der Waals surface area contributed by atoms with Crippen molar-refractivity contribution in [2.75, 3.05) is 0 Å². The molecule has 0 heterocycles. The van der Waals surface area contributed by atoms with Crippen LogP contribution >= 0.6 is 15.9 Å². The van der Waals surface area contributed by atoms with Crippen molar-refractivity contribution in [3.05, 3.63) is 76.8 Å². The van der Waals surface area contributed by atoms with Gasteiger partial charge in [0.05, 0.1) is 0 Å². The molecule has 0 unspecified atom stereocenters. The van der Waals surface area contributed by atoms with Crippen LogP contribution in [0.15, 0.2) is 60.7 Å². The molecule has 0 aromatic heterocycles. The molecule has 0 bridgehead atoms. The standard InChI is InChI=1S/C20H10Br/c21-17-20(19-14-9-4-10-15-19)16-8-2-1-5-11-18-12-6-3-7-13-18/h3-4,6-7,9-10,12-15H. The van der Waals surface area contributed by atoms with Crippen LogP contribution < -0.4 is 0 Å². The minimum absolute atomic E-state index is 0.765. The predicted octanol–water partition coefficient (Wildman–Crippen LogP) is 4.28. The second kappa shape index (κ2) is 8.50. The van der Waals surface area contributed by atoms with Crippen molar-refractivity contribution in [2.24, 2.45) is 0 Å². The van der Waals surface area contributed by atoms with Crippen molar-refractivity contribution >= 4 is 21.5 Å². The van der Waals surface area contributed by atoms with Gasteiger partial charge >= 0.3 is 0 Å². The van der Waals surface area contributed by atoms with E-state index in [9.17, 15) is 0 Å². The highest BCUT2D eigenvalue weighted by molar-refractivity contribution is 9.10. The summed E-state index contributed by atoms with van der Waals surface area (Å²) in [7, 11) is 0. The lowest BCUT2D eigenvalue weighted by molar-refractivity contribution is 1.64. The van der Waals surface area contributed by atoms with Crippen LogP contribution in [0, 0.1) is 40.5 Å². The summed E-state index contributed by atoms with van der Waals surface area (Å²) in [6.07, 6.45) is 0. The molecule has 0 aliphatic heterocycles. The van der Waals surface area contributed by atoms with Crippen LogP contribution in [0.3, 0.4) is 0 Å². The Morgan fingerprint density at radius 1 is 0.714 bits per heavy atom. The van der Waals surface area contributed by atoms with Crippen LogP contribution in [-0.4, -0.2) is 0 Å². The van der Waals surface area contributed by atoms with Gasteiger partial charge in [-0.1, -0.05) is 60.4 Å². The minimum atomic E-state index is 0.765. The summed E-state index contributed by atoms with van der Waals surface area (Å²) in [6.45, 7) is 0. The maximum absolute atomic E-state index is 3.20. The summed E-state index contributed by atoms with van der Waals surface area (Å²) >= 11 is 3.20. The molecule has 2 rings (SSSR count). The van der Waals surface area contributed by atoms with E-state index in [1.165, 1.54) is 0 Å². The summed E-state index contributed by atoms with van der Waals surface area (Å²) in [4.78, 5) is 2.89. The highest BCUT2D eigenvalue weighted by atomic mass is 79.9. The first kappa shape index (κ1) is 14.7. The smallest absolute Gasteiger partial charge is 0.0493 e. The Morgan fingerprint density at radius 2 is 1.33 bits per heavy atom. The van der Waals surface area contributed by atoms with E-state index in [1.807, 2.05) is 60.7 Å². The SMILES string of the molecule is Br[C]=C(C#CC#CC#Cc1ccccc1)c1ccccc1. The molecule has 0 atom stereocenters. The second-order valence-corrected chi connectivity index (χ2v) is 4.35. The van der Waals surface area contributed by atoms with E-state index in [0.717, 1.165) is 16.7 Å². The van der Waals surface area contributed by atoms with Crippen molar-refractivity contribution in [1.82, 2.24) is 0 Å². The van der Waals surface area contributed by atoms with Gasteiger partial charge in [0.15, 0.2) is 0 Å². The average molecular weight is 330 g/mol. The third kappa shape index (κ3) is 5.08. The van der Waals surface area contributed by atoms with Crippen LogP contribution in [0.4, 0.5) is 0 Å². The first-order valence-corrected chi connectivity index (χ1v) is 7.05. The first-order valence-electron chi connectivity index (χ1n) is 6.26. The number of hydrogen-bond acceptors (Lipinski definition) is 0. The van der Waals surface area contributed by atoms with Gasteiger partial charge in [-0.15, -0.1) is 0 Å². The fourth-order valence-electron chi connectivity index (χ4n) is 1.54. The highest BCUT2D eigenvalue weighted by Gasteiger charge is 1.94. The fraction of sp³-hybridized carbons (Fsp3) is 0. The van der Waals surface area contributed by atoms with Gasteiger partial charge in [-0.3, -0.25) is 0 Å². The Hall–Kier alpha value is -2.66. The molecule has 0 N–H and O–H groups in total. The van der Waals surface area contributed by atoms with E-state index < -0.39 is 0 Å². The van der Waals surface area contributed by atoms with Gasteiger partial charge in [-0.25, -0.2) is 0 Å². The van der Waals surface area contributed by atoms with Crippen LogP contribution in [0.5, 0.6) is 0 Å². The van der Waals surface area contributed by atoms with E-state index in [0.29, 0.717) is 0 Å². The molecule has 0 saturated carbocycles. The third-order valence-electron chi connectivity index (χ3n) is 2.51. The fourth-order valence-corrected chi connectivity index (χ4v) is 1.86. The molecule has 21 heavy (non-hydrogen) atoms. The van der Waals surface area contributed by atoms with E-state index in [-0.39, 0.29) is 0 Å². The molecule has 0 saturated heterocycles. The van der Waals surface area contributed by atoms with Crippen LogP contribution in [-0.2, 0) is 0 Å². The number of allylic oxidation sites excluding steroid dienone is 1. The van der Waals surface area contributed by atoms with Gasteiger partial charge in [-0.05, 0) is 57.3 Å². The molecule has 0 aliphatic carbocycles. The first-order chi connectivity index (χ1) is 10.4. The topological polar surface area (TPSA) is 0 Å². The second-order valence-electron chi connectivity index (χ2n) is 3.95. The van der Waals surface area contributed by atoms with Crippen LogP contribution in [0.1, 0.15) is 11.1 Å². The van der Waals surface area contributed by atoms with Crippen molar-refractivity contribution in [1.29, 1.82) is 0 Å². The predicted molar refractivity (Wildman–Crippen MR) is 90.9 cm³/mol. The zero-order chi connectivity index (χ0) is 14.8. The number of halogens is 1. The van der Waals surface area contributed by atoms with Crippen LogP contribution in [0.25, 0.3) is 5.57 Å². The lowest BCUT2D eigenvalue weighted by atomic mass is 10.1. The molecule has 0 amide bonds.